The Balaban J connectivity index is 2.07. The highest BCUT2D eigenvalue weighted by Gasteiger charge is 2.12. The van der Waals surface area contributed by atoms with Crippen LogP contribution in [-0.2, 0) is 6.42 Å². The van der Waals surface area contributed by atoms with Crippen LogP contribution in [0.15, 0.2) is 29.4 Å². The Labute approximate surface area is 96.9 Å². The van der Waals surface area contributed by atoms with Crippen molar-refractivity contribution in [1.29, 1.82) is 0 Å². The summed E-state index contributed by atoms with van der Waals surface area (Å²) in [6, 6.07) is 8.75. The van der Waals surface area contributed by atoms with E-state index in [0.29, 0.717) is 0 Å². The fourth-order valence-electron chi connectivity index (χ4n) is 1.94. The largest absolute Gasteiger partial charge is 0.328 e. The smallest absolute Gasteiger partial charge is 0.0594 e. The third-order valence-electron chi connectivity index (χ3n) is 2.77. The molecule has 3 heteroatoms. The molecule has 0 aromatic heterocycles. The predicted molar refractivity (Wildman–Crippen MR) is 68.9 cm³/mol. The van der Waals surface area contributed by atoms with Gasteiger partial charge in [0.05, 0.1) is 5.69 Å². The first-order valence-electron chi connectivity index (χ1n) is 5.81. The van der Waals surface area contributed by atoms with Crippen LogP contribution in [0.1, 0.15) is 25.8 Å². The van der Waals surface area contributed by atoms with Gasteiger partial charge in [-0.15, -0.1) is 0 Å². The molecule has 2 N–H and O–H groups in total. The van der Waals surface area contributed by atoms with Crippen LogP contribution in [0.3, 0.4) is 0 Å². The van der Waals surface area contributed by atoms with Crippen molar-refractivity contribution >= 4 is 11.4 Å². The summed E-state index contributed by atoms with van der Waals surface area (Å²) in [7, 11) is 0. The zero-order valence-corrected chi connectivity index (χ0v) is 9.98. The van der Waals surface area contributed by atoms with E-state index in [9.17, 15) is 0 Å². The molecule has 0 radical (unpaired) electrons. The van der Waals surface area contributed by atoms with E-state index in [1.165, 1.54) is 17.0 Å². The Kier molecular flexibility index (Phi) is 3.25. The summed E-state index contributed by atoms with van der Waals surface area (Å²) in [6.07, 6.45) is 2.00. The summed E-state index contributed by atoms with van der Waals surface area (Å²) in [5.41, 5.74) is 9.44. The predicted octanol–water partition coefficient (Wildman–Crippen LogP) is 2.16. The molecule has 1 heterocycles. The van der Waals surface area contributed by atoms with Gasteiger partial charge in [-0.05, 0) is 38.0 Å². The molecule has 1 atom stereocenters. The summed E-state index contributed by atoms with van der Waals surface area (Å²) in [6.45, 7) is 5.10. The van der Waals surface area contributed by atoms with Gasteiger partial charge in [0.2, 0.25) is 0 Å². The third kappa shape index (κ3) is 2.61. The molecule has 1 aliphatic rings. The van der Waals surface area contributed by atoms with Crippen molar-refractivity contribution in [2.24, 2.45) is 10.8 Å². The summed E-state index contributed by atoms with van der Waals surface area (Å²) in [4.78, 5) is 0. The minimum absolute atomic E-state index is 0.220. The van der Waals surface area contributed by atoms with Gasteiger partial charge in [0.1, 0.15) is 0 Å². The molecule has 1 aromatic carbocycles. The lowest BCUT2D eigenvalue weighted by atomic mass is 10.1. The van der Waals surface area contributed by atoms with Crippen LogP contribution in [0.2, 0.25) is 0 Å². The molecular formula is C13H19N3. The Hall–Kier alpha value is -1.35. The lowest BCUT2D eigenvalue weighted by Crippen LogP contribution is -2.18. The van der Waals surface area contributed by atoms with E-state index in [1.54, 1.807) is 0 Å². The quantitative estimate of drug-likeness (QED) is 0.843. The monoisotopic (exact) mass is 217 g/mol. The van der Waals surface area contributed by atoms with E-state index in [1.807, 2.05) is 6.92 Å². The van der Waals surface area contributed by atoms with Gasteiger partial charge in [-0.3, -0.25) is 5.01 Å². The SMILES string of the molecule is CC1=NN(c2ccc(CC(C)N)cc2)CC1. The zero-order valence-electron chi connectivity index (χ0n) is 9.98. The van der Waals surface area contributed by atoms with Gasteiger partial charge in [0.15, 0.2) is 0 Å². The molecule has 2 rings (SSSR count). The van der Waals surface area contributed by atoms with Crippen LogP contribution in [0, 0.1) is 0 Å². The van der Waals surface area contributed by atoms with Crippen LogP contribution in [0.25, 0.3) is 0 Å². The second kappa shape index (κ2) is 4.66. The van der Waals surface area contributed by atoms with E-state index < -0.39 is 0 Å². The van der Waals surface area contributed by atoms with Crippen molar-refractivity contribution < 1.29 is 0 Å². The number of hydrogen-bond acceptors (Lipinski definition) is 3. The molecule has 16 heavy (non-hydrogen) atoms. The van der Waals surface area contributed by atoms with Gasteiger partial charge >= 0.3 is 0 Å². The van der Waals surface area contributed by atoms with Crippen LogP contribution in [0.4, 0.5) is 5.69 Å². The minimum Gasteiger partial charge on any atom is -0.328 e. The van der Waals surface area contributed by atoms with Crippen molar-refractivity contribution in [3.63, 3.8) is 0 Å². The van der Waals surface area contributed by atoms with E-state index >= 15 is 0 Å². The Morgan fingerprint density at radius 2 is 2.06 bits per heavy atom. The number of hydrazone groups is 1. The normalized spacial score (nSPS) is 17.4. The fraction of sp³-hybridized carbons (Fsp3) is 0.462. The molecule has 0 aliphatic carbocycles. The summed E-state index contributed by atoms with van der Waals surface area (Å²) in [5, 5.41) is 6.54. The molecule has 0 spiro atoms. The van der Waals surface area contributed by atoms with Crippen LogP contribution < -0.4 is 10.7 Å². The van der Waals surface area contributed by atoms with Gasteiger partial charge < -0.3 is 5.73 Å². The van der Waals surface area contributed by atoms with Crippen molar-refractivity contribution in [1.82, 2.24) is 0 Å². The first-order chi connectivity index (χ1) is 7.65. The van der Waals surface area contributed by atoms with Gasteiger partial charge in [-0.2, -0.15) is 5.10 Å². The fourth-order valence-corrected chi connectivity index (χ4v) is 1.94. The standard InChI is InChI=1S/C13H19N3/c1-10(14)9-12-3-5-13(6-4-12)16-8-7-11(2)15-16/h3-6,10H,7-9,14H2,1-2H3. The molecule has 3 nitrogen and oxygen atoms in total. The Morgan fingerprint density at radius 1 is 1.38 bits per heavy atom. The number of nitrogens with zero attached hydrogens (tertiary/aromatic N) is 2. The maximum Gasteiger partial charge on any atom is 0.0594 e. The van der Waals surface area contributed by atoms with Crippen molar-refractivity contribution in [2.45, 2.75) is 32.7 Å². The van der Waals surface area contributed by atoms with Crippen molar-refractivity contribution in [3.05, 3.63) is 29.8 Å². The molecule has 1 unspecified atom stereocenters. The second-order valence-corrected chi connectivity index (χ2v) is 4.56. The second-order valence-electron chi connectivity index (χ2n) is 4.56. The average Bonchev–Trinajstić information content (AvgIpc) is 2.65. The molecule has 0 saturated heterocycles. The van der Waals surface area contributed by atoms with Crippen LogP contribution in [-0.4, -0.2) is 18.3 Å². The maximum atomic E-state index is 5.77. The first kappa shape index (κ1) is 11.1. The van der Waals surface area contributed by atoms with Crippen molar-refractivity contribution in [2.75, 3.05) is 11.6 Å². The van der Waals surface area contributed by atoms with Crippen molar-refractivity contribution in [3.8, 4) is 0 Å². The molecular weight excluding hydrogens is 198 g/mol. The zero-order chi connectivity index (χ0) is 11.5. The average molecular weight is 217 g/mol. The van der Waals surface area contributed by atoms with E-state index in [2.05, 4.69) is 41.3 Å². The number of nitrogens with two attached hydrogens (primary N) is 1. The Bertz CT molecular complexity index is 379. The Morgan fingerprint density at radius 3 is 2.56 bits per heavy atom. The van der Waals surface area contributed by atoms with Gasteiger partial charge in [-0.1, -0.05) is 12.1 Å². The molecule has 0 fully saturated rings. The number of benzene rings is 1. The van der Waals surface area contributed by atoms with E-state index in [4.69, 9.17) is 5.73 Å². The minimum atomic E-state index is 0.220. The molecule has 0 amide bonds. The topological polar surface area (TPSA) is 41.6 Å². The molecule has 86 valence electrons. The molecule has 0 saturated carbocycles. The van der Waals surface area contributed by atoms with Gasteiger partial charge in [-0.25, -0.2) is 0 Å². The highest BCUT2D eigenvalue weighted by Crippen LogP contribution is 2.20. The van der Waals surface area contributed by atoms with Gasteiger partial charge in [0.25, 0.3) is 0 Å². The lowest BCUT2D eigenvalue weighted by Gasteiger charge is -2.14. The summed E-state index contributed by atoms with van der Waals surface area (Å²) < 4.78 is 0. The van der Waals surface area contributed by atoms with E-state index in [-0.39, 0.29) is 6.04 Å². The third-order valence-corrected chi connectivity index (χ3v) is 2.77. The molecule has 0 bridgehead atoms. The van der Waals surface area contributed by atoms with Crippen LogP contribution in [0.5, 0.6) is 0 Å². The number of anilines is 1. The summed E-state index contributed by atoms with van der Waals surface area (Å²) in [5.74, 6) is 0. The number of rotatable bonds is 3. The number of hydrogen-bond donors (Lipinski definition) is 1. The summed E-state index contributed by atoms with van der Waals surface area (Å²) >= 11 is 0. The molecule has 1 aliphatic heterocycles. The first-order valence-corrected chi connectivity index (χ1v) is 5.81. The lowest BCUT2D eigenvalue weighted by molar-refractivity contribution is 0.738. The molecule has 1 aromatic rings. The van der Waals surface area contributed by atoms with Crippen LogP contribution >= 0.6 is 0 Å². The maximum absolute atomic E-state index is 5.77. The highest BCUT2D eigenvalue weighted by molar-refractivity contribution is 5.85. The van der Waals surface area contributed by atoms with Gasteiger partial charge in [0, 0.05) is 24.7 Å². The van der Waals surface area contributed by atoms with E-state index in [0.717, 1.165) is 19.4 Å². The highest BCUT2D eigenvalue weighted by atomic mass is 15.5.